The van der Waals surface area contributed by atoms with E-state index in [9.17, 15) is 9.90 Å². The molecule has 2 aliphatic heterocycles. The molecular formula is C14H20N4O2. The molecule has 1 amide bonds. The molecule has 2 saturated heterocycles. The molecule has 6 heteroatoms. The van der Waals surface area contributed by atoms with Gasteiger partial charge in [0.15, 0.2) is 5.82 Å². The highest BCUT2D eigenvalue weighted by molar-refractivity contribution is 5.94. The maximum absolute atomic E-state index is 11.7. The van der Waals surface area contributed by atoms with Crippen molar-refractivity contribution in [1.29, 1.82) is 0 Å². The molecule has 1 N–H and O–H groups in total. The summed E-state index contributed by atoms with van der Waals surface area (Å²) in [5.41, 5.74) is -0.606. The number of carbonyl (C=O) groups excluding carboxylic acids is 1. The maximum Gasteiger partial charge on any atom is 0.228 e. The van der Waals surface area contributed by atoms with Crippen molar-refractivity contribution in [2.45, 2.75) is 38.2 Å². The fraction of sp³-hybridized carbons (Fsp3) is 0.643. The van der Waals surface area contributed by atoms with Crippen LogP contribution in [0.2, 0.25) is 0 Å². The number of β-amino-alcohol motifs (C(OH)–C–C–N with tert-alkyl or cyclic N) is 1. The highest BCUT2D eigenvalue weighted by Crippen LogP contribution is 2.28. The van der Waals surface area contributed by atoms with Crippen LogP contribution < -0.4 is 9.80 Å². The zero-order valence-corrected chi connectivity index (χ0v) is 11.7. The van der Waals surface area contributed by atoms with Gasteiger partial charge < -0.3 is 10.0 Å². The van der Waals surface area contributed by atoms with Crippen LogP contribution in [0.15, 0.2) is 12.4 Å². The fourth-order valence-electron chi connectivity index (χ4n) is 2.85. The summed E-state index contributed by atoms with van der Waals surface area (Å²) in [5, 5.41) is 10.3. The second-order valence-corrected chi connectivity index (χ2v) is 5.63. The number of anilines is 2. The first-order valence-electron chi connectivity index (χ1n) is 7.21. The lowest BCUT2D eigenvalue weighted by Crippen LogP contribution is -2.32. The summed E-state index contributed by atoms with van der Waals surface area (Å²) >= 11 is 0. The largest absolute Gasteiger partial charge is 0.388 e. The summed E-state index contributed by atoms with van der Waals surface area (Å²) in [6.45, 7) is 4.12. The number of hydrogen-bond acceptors (Lipinski definition) is 5. The van der Waals surface area contributed by atoms with Crippen molar-refractivity contribution in [1.82, 2.24) is 9.97 Å². The fourth-order valence-corrected chi connectivity index (χ4v) is 2.85. The van der Waals surface area contributed by atoms with Crippen molar-refractivity contribution < 1.29 is 9.90 Å². The standard InChI is InChI=1S/C14H20N4O2/c1-2-14(20)5-7-17(10-14)11-8-16-12(9-15-11)18-6-3-4-13(18)19/h8-9,20H,2-7,10H2,1H3. The quantitative estimate of drug-likeness (QED) is 0.890. The van der Waals surface area contributed by atoms with Gasteiger partial charge in [-0.15, -0.1) is 0 Å². The number of carbonyl (C=O) groups is 1. The Morgan fingerprint density at radius 2 is 2.05 bits per heavy atom. The van der Waals surface area contributed by atoms with E-state index in [4.69, 9.17) is 0 Å². The van der Waals surface area contributed by atoms with Gasteiger partial charge in [-0.05, 0) is 19.3 Å². The van der Waals surface area contributed by atoms with Gasteiger partial charge in [0.05, 0.1) is 18.0 Å². The normalized spacial score (nSPS) is 26.6. The average Bonchev–Trinajstić information content (AvgIpc) is 3.06. The molecule has 6 nitrogen and oxygen atoms in total. The zero-order valence-electron chi connectivity index (χ0n) is 11.7. The van der Waals surface area contributed by atoms with Gasteiger partial charge >= 0.3 is 0 Å². The molecule has 108 valence electrons. The number of aromatic nitrogens is 2. The molecule has 0 saturated carbocycles. The Labute approximate surface area is 118 Å². The Bertz CT molecular complexity index is 504. The van der Waals surface area contributed by atoms with Gasteiger partial charge in [0.2, 0.25) is 5.91 Å². The smallest absolute Gasteiger partial charge is 0.228 e. The molecule has 1 aromatic rings. The van der Waals surface area contributed by atoms with E-state index in [1.165, 1.54) is 0 Å². The molecule has 0 bridgehead atoms. The summed E-state index contributed by atoms with van der Waals surface area (Å²) in [4.78, 5) is 24.1. The van der Waals surface area contributed by atoms with Gasteiger partial charge in [0.25, 0.3) is 0 Å². The predicted molar refractivity (Wildman–Crippen MR) is 75.7 cm³/mol. The first-order chi connectivity index (χ1) is 9.61. The predicted octanol–water partition coefficient (Wildman–Crippen LogP) is 0.955. The highest BCUT2D eigenvalue weighted by Gasteiger charge is 2.35. The molecule has 1 atom stereocenters. The van der Waals surface area contributed by atoms with E-state index >= 15 is 0 Å². The molecule has 3 rings (SSSR count). The number of hydrogen-bond donors (Lipinski definition) is 1. The van der Waals surface area contributed by atoms with Crippen LogP contribution in [0.1, 0.15) is 32.6 Å². The molecule has 0 aromatic carbocycles. The summed E-state index contributed by atoms with van der Waals surface area (Å²) in [7, 11) is 0. The van der Waals surface area contributed by atoms with Crippen molar-refractivity contribution in [3.63, 3.8) is 0 Å². The zero-order chi connectivity index (χ0) is 14.2. The van der Waals surface area contributed by atoms with Gasteiger partial charge in [-0.25, -0.2) is 9.97 Å². The van der Waals surface area contributed by atoms with E-state index in [0.29, 0.717) is 18.8 Å². The van der Waals surface area contributed by atoms with Crippen LogP contribution in [-0.2, 0) is 4.79 Å². The van der Waals surface area contributed by atoms with Crippen LogP contribution in [0, 0.1) is 0 Å². The molecule has 2 fully saturated rings. The molecule has 3 heterocycles. The van der Waals surface area contributed by atoms with Gasteiger partial charge in [-0.3, -0.25) is 9.69 Å². The third kappa shape index (κ3) is 2.35. The third-order valence-corrected chi connectivity index (χ3v) is 4.29. The molecule has 1 aromatic heterocycles. The minimum atomic E-state index is -0.606. The van der Waals surface area contributed by atoms with E-state index in [1.54, 1.807) is 17.3 Å². The highest BCUT2D eigenvalue weighted by atomic mass is 16.3. The van der Waals surface area contributed by atoms with Gasteiger partial charge in [-0.2, -0.15) is 0 Å². The summed E-state index contributed by atoms with van der Waals surface area (Å²) in [6.07, 6.45) is 6.34. The van der Waals surface area contributed by atoms with E-state index in [0.717, 1.165) is 38.2 Å². The molecule has 1 unspecified atom stereocenters. The van der Waals surface area contributed by atoms with Crippen molar-refractivity contribution in [2.24, 2.45) is 0 Å². The van der Waals surface area contributed by atoms with Crippen LogP contribution >= 0.6 is 0 Å². The van der Waals surface area contributed by atoms with Crippen molar-refractivity contribution in [3.8, 4) is 0 Å². The van der Waals surface area contributed by atoms with Gasteiger partial charge in [-0.1, -0.05) is 6.92 Å². The van der Waals surface area contributed by atoms with E-state index in [1.807, 2.05) is 11.8 Å². The Hall–Kier alpha value is -1.69. The topological polar surface area (TPSA) is 69.6 Å². The maximum atomic E-state index is 11.7. The van der Waals surface area contributed by atoms with Gasteiger partial charge in [0.1, 0.15) is 5.82 Å². The van der Waals surface area contributed by atoms with E-state index in [-0.39, 0.29) is 5.91 Å². The first kappa shape index (κ1) is 13.3. The van der Waals surface area contributed by atoms with E-state index in [2.05, 4.69) is 9.97 Å². The lowest BCUT2D eigenvalue weighted by Gasteiger charge is -2.22. The summed E-state index contributed by atoms with van der Waals surface area (Å²) in [6, 6.07) is 0. The summed E-state index contributed by atoms with van der Waals surface area (Å²) in [5.74, 6) is 1.51. The molecule has 20 heavy (non-hydrogen) atoms. The molecule has 0 spiro atoms. The SMILES string of the molecule is CCC1(O)CCN(c2cnc(N3CCCC3=O)cn2)C1. The second-order valence-electron chi connectivity index (χ2n) is 5.63. The van der Waals surface area contributed by atoms with Crippen LogP contribution in [-0.4, -0.2) is 46.2 Å². The third-order valence-electron chi connectivity index (χ3n) is 4.29. The second kappa shape index (κ2) is 5.01. The number of aliphatic hydroxyl groups is 1. The van der Waals surface area contributed by atoms with Crippen LogP contribution in [0.3, 0.4) is 0 Å². The minimum absolute atomic E-state index is 0.119. The van der Waals surface area contributed by atoms with E-state index < -0.39 is 5.60 Å². The number of amides is 1. The Kier molecular flexibility index (Phi) is 3.33. The average molecular weight is 276 g/mol. The monoisotopic (exact) mass is 276 g/mol. The lowest BCUT2D eigenvalue weighted by molar-refractivity contribution is -0.117. The van der Waals surface area contributed by atoms with Gasteiger partial charge in [0, 0.05) is 26.1 Å². The van der Waals surface area contributed by atoms with Crippen LogP contribution in [0.25, 0.3) is 0 Å². The molecule has 0 radical (unpaired) electrons. The molecule has 2 aliphatic rings. The van der Waals surface area contributed by atoms with Crippen LogP contribution in [0.4, 0.5) is 11.6 Å². The first-order valence-corrected chi connectivity index (χ1v) is 7.21. The van der Waals surface area contributed by atoms with Crippen molar-refractivity contribution in [3.05, 3.63) is 12.4 Å². The molecular weight excluding hydrogens is 256 g/mol. The van der Waals surface area contributed by atoms with Crippen molar-refractivity contribution >= 4 is 17.5 Å². The number of rotatable bonds is 3. The number of nitrogens with zero attached hydrogens (tertiary/aromatic N) is 4. The Morgan fingerprint density at radius 1 is 1.30 bits per heavy atom. The summed E-state index contributed by atoms with van der Waals surface area (Å²) < 4.78 is 0. The van der Waals surface area contributed by atoms with Crippen molar-refractivity contribution in [2.75, 3.05) is 29.4 Å². The minimum Gasteiger partial charge on any atom is -0.388 e. The Balaban J connectivity index is 1.72. The molecule has 0 aliphatic carbocycles. The Morgan fingerprint density at radius 3 is 2.60 bits per heavy atom. The van der Waals surface area contributed by atoms with Crippen LogP contribution in [0.5, 0.6) is 0 Å². The lowest BCUT2D eigenvalue weighted by atomic mass is 10.0.